The van der Waals surface area contributed by atoms with E-state index in [0.717, 1.165) is 16.7 Å². The number of rotatable bonds is 4. The molecular weight excluding hydrogens is 222 g/mol. The Morgan fingerprint density at radius 2 is 1.94 bits per heavy atom. The van der Waals surface area contributed by atoms with Gasteiger partial charge in [-0.2, -0.15) is 0 Å². The van der Waals surface area contributed by atoms with E-state index in [4.69, 9.17) is 11.6 Å². The van der Waals surface area contributed by atoms with Crippen LogP contribution in [0, 0.1) is 13.8 Å². The van der Waals surface area contributed by atoms with Crippen LogP contribution >= 0.6 is 11.6 Å². The maximum atomic E-state index is 11.9. The van der Waals surface area contributed by atoms with Crippen LogP contribution in [0.1, 0.15) is 21.5 Å². The van der Waals surface area contributed by atoms with Gasteiger partial charge < -0.3 is 5.32 Å². The molecule has 0 saturated carbocycles. The maximum absolute atomic E-state index is 11.9. The molecule has 1 N–H and O–H groups in total. The molecule has 1 rings (SSSR count). The van der Waals surface area contributed by atoms with Gasteiger partial charge in [0.15, 0.2) is 0 Å². The number of allylic oxidation sites excluding steroid dienone is 1. The first kappa shape index (κ1) is 12.8. The number of hydrogen-bond donors (Lipinski definition) is 1. The molecule has 0 aliphatic rings. The minimum Gasteiger partial charge on any atom is -0.349 e. The molecule has 1 aromatic rings. The number of benzene rings is 1. The van der Waals surface area contributed by atoms with Gasteiger partial charge in [-0.1, -0.05) is 30.4 Å². The third kappa shape index (κ3) is 3.38. The van der Waals surface area contributed by atoms with Crippen molar-refractivity contribution in [2.24, 2.45) is 0 Å². The Balaban J connectivity index is 2.70. The third-order valence-electron chi connectivity index (χ3n) is 2.34. The van der Waals surface area contributed by atoms with E-state index in [2.05, 4.69) is 5.32 Å². The number of alkyl halides is 1. The largest absolute Gasteiger partial charge is 0.349 e. The molecular formula is C13H16ClNO. The minimum absolute atomic E-state index is 0.0326. The first-order chi connectivity index (χ1) is 7.66. The quantitative estimate of drug-likeness (QED) is 0.633. The highest BCUT2D eigenvalue weighted by Crippen LogP contribution is 2.12. The molecule has 0 unspecified atom stereocenters. The van der Waals surface area contributed by atoms with E-state index in [1.54, 1.807) is 0 Å². The van der Waals surface area contributed by atoms with Crippen LogP contribution in [0.2, 0.25) is 0 Å². The van der Waals surface area contributed by atoms with E-state index in [-0.39, 0.29) is 5.91 Å². The van der Waals surface area contributed by atoms with Gasteiger partial charge in [0.25, 0.3) is 5.91 Å². The number of carbonyl (C=O) groups excluding carboxylic acids is 1. The molecule has 0 atom stereocenters. The number of hydrogen-bond acceptors (Lipinski definition) is 1. The van der Waals surface area contributed by atoms with Crippen molar-refractivity contribution in [2.45, 2.75) is 13.8 Å². The maximum Gasteiger partial charge on any atom is 0.252 e. The molecule has 0 bridgehead atoms. The predicted octanol–water partition coefficient (Wildman–Crippen LogP) is 2.83. The molecule has 0 aliphatic heterocycles. The second kappa shape index (κ2) is 6.33. The van der Waals surface area contributed by atoms with Crippen LogP contribution in [-0.2, 0) is 0 Å². The highest BCUT2D eigenvalue weighted by molar-refractivity contribution is 6.18. The fourth-order valence-electron chi connectivity index (χ4n) is 1.56. The lowest BCUT2D eigenvalue weighted by molar-refractivity contribution is 0.0957. The molecule has 1 aromatic carbocycles. The lowest BCUT2D eigenvalue weighted by Gasteiger charge is -2.08. The molecule has 1 amide bonds. The lowest BCUT2D eigenvalue weighted by atomic mass is 10.0. The van der Waals surface area contributed by atoms with Crippen molar-refractivity contribution in [2.75, 3.05) is 12.4 Å². The first-order valence-electron chi connectivity index (χ1n) is 5.22. The zero-order valence-corrected chi connectivity index (χ0v) is 10.3. The van der Waals surface area contributed by atoms with Gasteiger partial charge >= 0.3 is 0 Å². The van der Waals surface area contributed by atoms with E-state index in [1.807, 2.05) is 44.2 Å². The Kier molecular flexibility index (Phi) is 5.06. The molecule has 0 spiro atoms. The molecule has 0 aliphatic carbocycles. The average molecular weight is 238 g/mol. The van der Waals surface area contributed by atoms with Crippen molar-refractivity contribution in [3.05, 3.63) is 47.0 Å². The predicted molar refractivity (Wildman–Crippen MR) is 68.1 cm³/mol. The van der Waals surface area contributed by atoms with Gasteiger partial charge in [-0.05, 0) is 25.0 Å². The van der Waals surface area contributed by atoms with Gasteiger partial charge in [0.2, 0.25) is 0 Å². The zero-order valence-electron chi connectivity index (χ0n) is 9.59. The standard InChI is InChI=1S/C13H16ClNO/c1-10-6-5-7-11(2)12(10)13(16)15-9-4-3-8-14/h3-7H,8-9H2,1-2H3,(H,15,16)/b4-3+. The van der Waals surface area contributed by atoms with Crippen LogP contribution in [0.15, 0.2) is 30.4 Å². The highest BCUT2D eigenvalue weighted by atomic mass is 35.5. The fraction of sp³-hybridized carbons (Fsp3) is 0.308. The van der Waals surface area contributed by atoms with Gasteiger partial charge in [0.1, 0.15) is 0 Å². The summed E-state index contributed by atoms with van der Waals surface area (Å²) in [6.07, 6.45) is 3.66. The Morgan fingerprint density at radius 3 is 2.50 bits per heavy atom. The van der Waals surface area contributed by atoms with E-state index in [1.165, 1.54) is 0 Å². The summed E-state index contributed by atoms with van der Waals surface area (Å²) in [5.74, 6) is 0.439. The topological polar surface area (TPSA) is 29.1 Å². The van der Waals surface area contributed by atoms with E-state index in [9.17, 15) is 4.79 Å². The van der Waals surface area contributed by atoms with Crippen LogP contribution in [0.25, 0.3) is 0 Å². The second-order valence-corrected chi connectivity index (χ2v) is 3.91. The Bertz CT molecular complexity index is 379. The summed E-state index contributed by atoms with van der Waals surface area (Å²) in [6.45, 7) is 4.40. The van der Waals surface area contributed by atoms with Gasteiger partial charge in [-0.25, -0.2) is 0 Å². The summed E-state index contributed by atoms with van der Waals surface area (Å²) < 4.78 is 0. The number of nitrogens with one attached hydrogen (secondary N) is 1. The smallest absolute Gasteiger partial charge is 0.252 e. The Morgan fingerprint density at radius 1 is 1.31 bits per heavy atom. The first-order valence-corrected chi connectivity index (χ1v) is 5.75. The van der Waals surface area contributed by atoms with Crippen molar-refractivity contribution in [3.63, 3.8) is 0 Å². The molecule has 0 radical (unpaired) electrons. The number of carbonyl (C=O) groups is 1. The van der Waals surface area contributed by atoms with Crippen molar-refractivity contribution >= 4 is 17.5 Å². The van der Waals surface area contributed by atoms with E-state index in [0.29, 0.717) is 12.4 Å². The molecule has 0 aromatic heterocycles. The molecule has 0 heterocycles. The van der Waals surface area contributed by atoms with Crippen LogP contribution in [-0.4, -0.2) is 18.3 Å². The molecule has 16 heavy (non-hydrogen) atoms. The molecule has 86 valence electrons. The number of aryl methyl sites for hydroxylation is 2. The highest BCUT2D eigenvalue weighted by Gasteiger charge is 2.09. The SMILES string of the molecule is Cc1cccc(C)c1C(=O)NC/C=C/CCl. The van der Waals surface area contributed by atoms with Gasteiger partial charge in [0.05, 0.1) is 0 Å². The summed E-state index contributed by atoms with van der Waals surface area (Å²) >= 11 is 5.48. The number of amides is 1. The molecule has 3 heteroatoms. The second-order valence-electron chi connectivity index (χ2n) is 3.60. The molecule has 2 nitrogen and oxygen atoms in total. The van der Waals surface area contributed by atoms with Crippen LogP contribution in [0.3, 0.4) is 0 Å². The zero-order chi connectivity index (χ0) is 12.0. The van der Waals surface area contributed by atoms with Gasteiger partial charge in [-0.3, -0.25) is 4.79 Å². The van der Waals surface area contributed by atoms with Crippen LogP contribution in [0.5, 0.6) is 0 Å². The summed E-state index contributed by atoms with van der Waals surface area (Å²) in [7, 11) is 0. The summed E-state index contributed by atoms with van der Waals surface area (Å²) in [5, 5.41) is 2.83. The summed E-state index contributed by atoms with van der Waals surface area (Å²) in [6, 6.07) is 5.84. The normalized spacial score (nSPS) is 10.7. The Hall–Kier alpha value is -1.28. The van der Waals surface area contributed by atoms with Crippen molar-refractivity contribution in [3.8, 4) is 0 Å². The Labute approximate surface area is 101 Å². The van der Waals surface area contributed by atoms with E-state index >= 15 is 0 Å². The van der Waals surface area contributed by atoms with Crippen molar-refractivity contribution < 1.29 is 4.79 Å². The summed E-state index contributed by atoms with van der Waals surface area (Å²) in [4.78, 5) is 11.9. The molecule has 0 fully saturated rings. The third-order valence-corrected chi connectivity index (χ3v) is 2.52. The van der Waals surface area contributed by atoms with Crippen molar-refractivity contribution in [1.29, 1.82) is 0 Å². The number of halogens is 1. The van der Waals surface area contributed by atoms with Gasteiger partial charge in [0, 0.05) is 18.0 Å². The monoisotopic (exact) mass is 237 g/mol. The minimum atomic E-state index is -0.0326. The summed E-state index contributed by atoms with van der Waals surface area (Å²) in [5.41, 5.74) is 2.76. The average Bonchev–Trinajstić information content (AvgIpc) is 2.24. The van der Waals surface area contributed by atoms with Gasteiger partial charge in [-0.15, -0.1) is 11.6 Å². The fourth-order valence-corrected chi connectivity index (χ4v) is 1.68. The van der Waals surface area contributed by atoms with Crippen LogP contribution in [0.4, 0.5) is 0 Å². The van der Waals surface area contributed by atoms with Crippen LogP contribution < -0.4 is 5.32 Å². The molecule has 0 saturated heterocycles. The van der Waals surface area contributed by atoms with Crippen molar-refractivity contribution in [1.82, 2.24) is 5.32 Å². The lowest BCUT2D eigenvalue weighted by Crippen LogP contribution is -2.25. The van der Waals surface area contributed by atoms with E-state index < -0.39 is 0 Å².